The average molecular weight is 357 g/mol. The van der Waals surface area contributed by atoms with Crippen LogP contribution in [0.4, 0.5) is 4.79 Å². The normalized spacial score (nSPS) is 12.5. The minimum Gasteiger partial charge on any atom is -0.448 e. The molecule has 24 heavy (non-hydrogen) atoms. The number of nitrogens with two attached hydrogens (primary N) is 2. The van der Waals surface area contributed by atoms with Gasteiger partial charge >= 0.3 is 12.0 Å². The first-order valence-corrected chi connectivity index (χ1v) is 8.43. The first kappa shape index (κ1) is 19.6. The first-order valence-electron chi connectivity index (χ1n) is 6.88. The zero-order valence-electron chi connectivity index (χ0n) is 13.4. The van der Waals surface area contributed by atoms with Gasteiger partial charge in [0.25, 0.3) is 5.91 Å². The molecule has 9 nitrogen and oxygen atoms in total. The highest BCUT2D eigenvalue weighted by Gasteiger charge is 2.28. The lowest BCUT2D eigenvalue weighted by Crippen LogP contribution is -2.45. The Kier molecular flexibility index (Phi) is 6.04. The third-order valence-electron chi connectivity index (χ3n) is 3.07. The van der Waals surface area contributed by atoms with Crippen LogP contribution in [0.5, 0.6) is 0 Å². The van der Waals surface area contributed by atoms with Crippen LogP contribution in [-0.4, -0.2) is 32.4 Å². The number of carbonyl (C=O) groups is 3. The van der Waals surface area contributed by atoms with Crippen LogP contribution >= 0.6 is 0 Å². The topological polar surface area (TPSA) is 159 Å². The summed E-state index contributed by atoms with van der Waals surface area (Å²) in [6, 6.07) is 2.73. The fourth-order valence-corrected chi connectivity index (χ4v) is 2.71. The molecule has 0 aromatic heterocycles. The van der Waals surface area contributed by atoms with Gasteiger partial charge in [0.2, 0.25) is 10.0 Å². The predicted molar refractivity (Wildman–Crippen MR) is 84.3 cm³/mol. The lowest BCUT2D eigenvalue weighted by atomic mass is 10.1. The molecule has 0 fully saturated rings. The Balaban J connectivity index is 3.09. The number of hydrogen-bond acceptors (Lipinski definition) is 6. The van der Waals surface area contributed by atoms with E-state index in [9.17, 15) is 22.8 Å². The molecule has 10 heteroatoms. The number of ether oxygens (including phenoxy) is 1. The molecule has 0 saturated carbocycles. The molecule has 132 valence electrons. The summed E-state index contributed by atoms with van der Waals surface area (Å²) in [7, 11) is -4.01. The van der Waals surface area contributed by atoms with Gasteiger partial charge in [-0.25, -0.2) is 23.1 Å². The Morgan fingerprint density at radius 3 is 2.25 bits per heavy atom. The van der Waals surface area contributed by atoms with Crippen molar-refractivity contribution in [2.75, 3.05) is 0 Å². The summed E-state index contributed by atoms with van der Waals surface area (Å²) in [5, 5.41) is 6.92. The van der Waals surface area contributed by atoms with E-state index in [1.165, 1.54) is 19.1 Å². The van der Waals surface area contributed by atoms with E-state index in [4.69, 9.17) is 15.6 Å². The van der Waals surface area contributed by atoms with Gasteiger partial charge in [-0.1, -0.05) is 19.9 Å². The number of esters is 1. The highest BCUT2D eigenvalue weighted by molar-refractivity contribution is 7.89. The van der Waals surface area contributed by atoms with E-state index in [-0.39, 0.29) is 10.5 Å². The van der Waals surface area contributed by atoms with Gasteiger partial charge in [0.1, 0.15) is 0 Å². The largest absolute Gasteiger partial charge is 0.448 e. The van der Waals surface area contributed by atoms with Crippen molar-refractivity contribution in [1.82, 2.24) is 5.32 Å². The number of sulfonamides is 1. The van der Waals surface area contributed by atoms with Crippen molar-refractivity contribution >= 4 is 27.9 Å². The Bertz CT molecular complexity index is 773. The number of primary sulfonamides is 1. The second kappa shape index (κ2) is 7.41. The number of nitrogens with one attached hydrogen (secondary N) is 1. The second-order valence-electron chi connectivity index (χ2n) is 5.45. The van der Waals surface area contributed by atoms with Gasteiger partial charge in [-0.2, -0.15) is 0 Å². The van der Waals surface area contributed by atoms with Gasteiger partial charge < -0.3 is 10.5 Å². The molecular weight excluding hydrogens is 338 g/mol. The molecular formula is C14H19N3O6S. The standard InChI is InChI=1S/C14H19N3O6S/c1-7(2)11(12(18)17-14(15)20)23-13(19)9-5-4-8(3)10(6-9)24(16,21)22/h4-7,11H,1-3H3,(H2,16,21,22)(H3,15,17,18,20). The minimum absolute atomic E-state index is 0.0952. The summed E-state index contributed by atoms with van der Waals surface area (Å²) < 4.78 is 28.1. The molecule has 0 aliphatic rings. The van der Waals surface area contributed by atoms with E-state index in [1.807, 2.05) is 5.32 Å². The molecule has 5 N–H and O–H groups in total. The van der Waals surface area contributed by atoms with E-state index in [2.05, 4.69) is 0 Å². The van der Waals surface area contributed by atoms with E-state index in [0.717, 1.165) is 6.07 Å². The zero-order valence-corrected chi connectivity index (χ0v) is 14.2. The quantitative estimate of drug-likeness (QED) is 0.630. The van der Waals surface area contributed by atoms with Crippen molar-refractivity contribution in [3.8, 4) is 0 Å². The molecule has 1 rings (SSSR count). The maximum absolute atomic E-state index is 12.2. The number of rotatable bonds is 5. The lowest BCUT2D eigenvalue weighted by molar-refractivity contribution is -0.130. The Labute approximate surface area is 139 Å². The van der Waals surface area contributed by atoms with E-state index in [0.29, 0.717) is 5.56 Å². The number of amides is 3. The molecule has 0 heterocycles. The summed E-state index contributed by atoms with van der Waals surface area (Å²) in [4.78, 5) is 34.6. The molecule has 0 spiro atoms. The van der Waals surface area contributed by atoms with Crippen LogP contribution in [0.15, 0.2) is 23.1 Å². The van der Waals surface area contributed by atoms with Crippen LogP contribution in [0.3, 0.4) is 0 Å². The third-order valence-corrected chi connectivity index (χ3v) is 4.13. The number of primary amides is 1. The summed E-state index contributed by atoms with van der Waals surface area (Å²) >= 11 is 0. The predicted octanol–water partition coefficient (Wildman–Crippen LogP) is 0.0187. The van der Waals surface area contributed by atoms with Crippen LogP contribution in [0.2, 0.25) is 0 Å². The molecule has 0 radical (unpaired) electrons. The van der Waals surface area contributed by atoms with Crippen LogP contribution in [0.25, 0.3) is 0 Å². The third kappa shape index (κ3) is 5.03. The van der Waals surface area contributed by atoms with Crippen molar-refractivity contribution < 1.29 is 27.5 Å². The Hall–Kier alpha value is -2.46. The fraction of sp³-hybridized carbons (Fsp3) is 0.357. The van der Waals surface area contributed by atoms with Crippen LogP contribution in [0, 0.1) is 12.8 Å². The summed E-state index contributed by atoms with van der Waals surface area (Å²) in [5.41, 5.74) is 5.13. The Morgan fingerprint density at radius 1 is 1.21 bits per heavy atom. The highest BCUT2D eigenvalue weighted by atomic mass is 32.2. The Morgan fingerprint density at radius 2 is 1.79 bits per heavy atom. The van der Waals surface area contributed by atoms with Gasteiger partial charge in [0.05, 0.1) is 10.5 Å². The van der Waals surface area contributed by atoms with Crippen molar-refractivity contribution in [3.63, 3.8) is 0 Å². The second-order valence-corrected chi connectivity index (χ2v) is 6.98. The average Bonchev–Trinajstić information content (AvgIpc) is 2.42. The van der Waals surface area contributed by atoms with Gasteiger partial charge in [-0.3, -0.25) is 10.1 Å². The summed E-state index contributed by atoms with van der Waals surface area (Å²) in [6.07, 6.45) is -1.27. The van der Waals surface area contributed by atoms with Crippen LogP contribution in [0.1, 0.15) is 29.8 Å². The zero-order chi connectivity index (χ0) is 18.7. The monoisotopic (exact) mass is 357 g/mol. The smallest absolute Gasteiger partial charge is 0.338 e. The molecule has 1 aromatic carbocycles. The van der Waals surface area contributed by atoms with Crippen molar-refractivity contribution in [3.05, 3.63) is 29.3 Å². The maximum Gasteiger partial charge on any atom is 0.338 e. The van der Waals surface area contributed by atoms with Gasteiger partial charge in [0, 0.05) is 0 Å². The van der Waals surface area contributed by atoms with Crippen molar-refractivity contribution in [1.29, 1.82) is 0 Å². The molecule has 3 amide bonds. The number of benzene rings is 1. The molecule has 0 aliphatic carbocycles. The molecule has 0 aliphatic heterocycles. The SMILES string of the molecule is Cc1ccc(C(=O)OC(C(=O)NC(N)=O)C(C)C)cc1S(N)(=O)=O. The van der Waals surface area contributed by atoms with E-state index >= 15 is 0 Å². The molecule has 1 atom stereocenters. The molecule has 0 bridgehead atoms. The van der Waals surface area contributed by atoms with Crippen molar-refractivity contribution in [2.24, 2.45) is 16.8 Å². The summed E-state index contributed by atoms with van der Waals surface area (Å²) in [6.45, 7) is 4.72. The highest BCUT2D eigenvalue weighted by Crippen LogP contribution is 2.18. The minimum atomic E-state index is -4.01. The fourth-order valence-electron chi connectivity index (χ4n) is 1.90. The molecule has 1 unspecified atom stereocenters. The number of urea groups is 1. The van der Waals surface area contributed by atoms with Gasteiger partial charge in [-0.05, 0) is 30.5 Å². The van der Waals surface area contributed by atoms with Crippen LogP contribution in [-0.2, 0) is 19.6 Å². The molecule has 1 aromatic rings. The number of aryl methyl sites for hydroxylation is 1. The first-order chi connectivity index (χ1) is 10.9. The van der Waals surface area contributed by atoms with Gasteiger partial charge in [-0.15, -0.1) is 0 Å². The number of imide groups is 1. The molecule has 0 saturated heterocycles. The van der Waals surface area contributed by atoms with Gasteiger partial charge in [0.15, 0.2) is 6.10 Å². The van der Waals surface area contributed by atoms with E-state index in [1.54, 1.807) is 13.8 Å². The van der Waals surface area contributed by atoms with Crippen molar-refractivity contribution in [2.45, 2.75) is 31.8 Å². The maximum atomic E-state index is 12.2. The summed E-state index contributed by atoms with van der Waals surface area (Å²) in [5.74, 6) is -2.25. The van der Waals surface area contributed by atoms with E-state index < -0.39 is 40.0 Å². The lowest BCUT2D eigenvalue weighted by Gasteiger charge is -2.20. The number of carbonyl (C=O) groups excluding carboxylic acids is 3. The number of hydrogen-bond donors (Lipinski definition) is 3. The van der Waals surface area contributed by atoms with Crippen LogP contribution < -0.4 is 16.2 Å².